The van der Waals surface area contributed by atoms with Crippen molar-refractivity contribution < 1.29 is 11.3 Å². The molecular weight excluding hydrogens is 520 g/mol. The molecule has 0 bridgehead atoms. The number of benzene rings is 8. The standard InChI is InChI=1S/C42H26O/c1-2-13-28(14-3-1)40-32-17-6-7-18-33(32)41(36-21-11-23-39-42(36)35-19-8-9-22-38(35)43-39)37-26-29(24-25-34(37)40)31-20-10-15-27-12-4-5-16-30(27)31/h1-26H/i1D,2D,3D,13D,14D. The quantitative estimate of drug-likeness (QED) is 0.199. The Morgan fingerprint density at radius 2 is 1.05 bits per heavy atom. The summed E-state index contributed by atoms with van der Waals surface area (Å²) < 4.78 is 49.7. The molecule has 0 fully saturated rings. The van der Waals surface area contributed by atoms with Crippen LogP contribution in [0.4, 0.5) is 0 Å². The van der Waals surface area contributed by atoms with Gasteiger partial charge in [-0.15, -0.1) is 0 Å². The molecule has 0 aliphatic rings. The maximum atomic E-state index is 9.00. The van der Waals surface area contributed by atoms with Gasteiger partial charge in [0.15, 0.2) is 0 Å². The number of rotatable bonds is 3. The topological polar surface area (TPSA) is 13.1 Å². The highest BCUT2D eigenvalue weighted by molar-refractivity contribution is 6.26. The first-order valence-corrected chi connectivity index (χ1v) is 14.4. The first kappa shape index (κ1) is 19.5. The summed E-state index contributed by atoms with van der Waals surface area (Å²) in [6.07, 6.45) is 0. The summed E-state index contributed by atoms with van der Waals surface area (Å²) >= 11 is 0. The Morgan fingerprint density at radius 3 is 1.91 bits per heavy atom. The predicted molar refractivity (Wildman–Crippen MR) is 183 cm³/mol. The zero-order valence-electron chi connectivity index (χ0n) is 28.0. The van der Waals surface area contributed by atoms with Gasteiger partial charge in [0.05, 0.1) is 6.85 Å². The van der Waals surface area contributed by atoms with Crippen LogP contribution >= 0.6 is 0 Å². The third-order valence-corrected chi connectivity index (χ3v) is 8.55. The Balaban J connectivity index is 1.50. The van der Waals surface area contributed by atoms with Crippen LogP contribution in [0.25, 0.3) is 87.6 Å². The lowest BCUT2D eigenvalue weighted by molar-refractivity contribution is 0.669. The normalized spacial score (nSPS) is 13.3. The van der Waals surface area contributed by atoms with Gasteiger partial charge in [0.1, 0.15) is 11.2 Å². The van der Waals surface area contributed by atoms with Crippen molar-refractivity contribution in [1.82, 2.24) is 0 Å². The Bertz CT molecular complexity index is 2760. The fourth-order valence-corrected chi connectivity index (χ4v) is 6.74. The maximum Gasteiger partial charge on any atom is 0.136 e. The second-order valence-electron chi connectivity index (χ2n) is 10.9. The minimum Gasteiger partial charge on any atom is -0.456 e. The maximum absolute atomic E-state index is 9.00. The van der Waals surface area contributed by atoms with Crippen molar-refractivity contribution in [2.45, 2.75) is 0 Å². The molecule has 0 radical (unpaired) electrons. The van der Waals surface area contributed by atoms with Gasteiger partial charge in [-0.05, 0) is 83.9 Å². The number of fused-ring (bicyclic) bond motifs is 6. The van der Waals surface area contributed by atoms with Crippen molar-refractivity contribution in [2.75, 3.05) is 0 Å². The summed E-state index contributed by atoms with van der Waals surface area (Å²) in [7, 11) is 0. The van der Waals surface area contributed by atoms with Gasteiger partial charge in [0.2, 0.25) is 0 Å². The Morgan fingerprint density at radius 1 is 0.419 bits per heavy atom. The van der Waals surface area contributed by atoms with Crippen LogP contribution in [0.1, 0.15) is 6.85 Å². The molecule has 0 aliphatic heterocycles. The second kappa shape index (κ2) is 9.44. The van der Waals surface area contributed by atoms with Gasteiger partial charge in [0, 0.05) is 10.8 Å². The van der Waals surface area contributed by atoms with Crippen LogP contribution in [0.5, 0.6) is 0 Å². The van der Waals surface area contributed by atoms with Crippen molar-refractivity contribution in [3.63, 3.8) is 0 Å². The first-order valence-electron chi connectivity index (χ1n) is 16.9. The smallest absolute Gasteiger partial charge is 0.136 e. The number of furan rings is 1. The van der Waals surface area contributed by atoms with E-state index in [0.29, 0.717) is 5.56 Å². The number of hydrogen-bond acceptors (Lipinski definition) is 1. The summed E-state index contributed by atoms with van der Waals surface area (Å²) in [5.41, 5.74) is 6.51. The van der Waals surface area contributed by atoms with E-state index < -0.39 is 6.04 Å². The molecule has 1 heterocycles. The fraction of sp³-hybridized carbons (Fsp3) is 0. The Labute approximate surface area is 256 Å². The van der Waals surface area contributed by atoms with Gasteiger partial charge < -0.3 is 4.42 Å². The van der Waals surface area contributed by atoms with Crippen LogP contribution in [-0.2, 0) is 0 Å². The van der Waals surface area contributed by atoms with Gasteiger partial charge in [-0.3, -0.25) is 0 Å². The summed E-state index contributed by atoms with van der Waals surface area (Å²) in [4.78, 5) is 0. The molecule has 1 nitrogen and oxygen atoms in total. The van der Waals surface area contributed by atoms with E-state index in [-0.39, 0.29) is 29.7 Å². The summed E-state index contributed by atoms with van der Waals surface area (Å²) in [5, 5.41) is 7.74. The predicted octanol–water partition coefficient (Wildman–Crippen LogP) is 12.0. The van der Waals surface area contributed by atoms with E-state index >= 15 is 0 Å². The lowest BCUT2D eigenvalue weighted by Gasteiger charge is -2.19. The van der Waals surface area contributed by atoms with Crippen molar-refractivity contribution in [3.8, 4) is 33.4 Å². The van der Waals surface area contributed by atoms with Crippen LogP contribution in [0.2, 0.25) is 0 Å². The molecule has 1 aromatic heterocycles. The third-order valence-electron chi connectivity index (χ3n) is 8.55. The van der Waals surface area contributed by atoms with Crippen molar-refractivity contribution in [3.05, 3.63) is 158 Å². The molecule has 0 unspecified atom stereocenters. The van der Waals surface area contributed by atoms with E-state index in [1.54, 1.807) is 0 Å². The minimum absolute atomic E-state index is 0.193. The molecule has 0 N–H and O–H groups in total. The van der Waals surface area contributed by atoms with E-state index in [4.69, 9.17) is 11.3 Å². The van der Waals surface area contributed by atoms with Gasteiger partial charge in [-0.25, -0.2) is 0 Å². The largest absolute Gasteiger partial charge is 0.456 e. The lowest BCUT2D eigenvalue weighted by Crippen LogP contribution is -1.92. The highest BCUT2D eigenvalue weighted by Crippen LogP contribution is 2.47. The molecule has 1 heteroatoms. The summed E-state index contributed by atoms with van der Waals surface area (Å²) in [5.74, 6) is 0. The molecule has 0 atom stereocenters. The van der Waals surface area contributed by atoms with Crippen molar-refractivity contribution in [2.24, 2.45) is 0 Å². The monoisotopic (exact) mass is 551 g/mol. The van der Waals surface area contributed by atoms with Crippen LogP contribution in [0, 0.1) is 0 Å². The van der Waals surface area contributed by atoms with Crippen LogP contribution in [0.3, 0.4) is 0 Å². The van der Waals surface area contributed by atoms with Gasteiger partial charge in [0.25, 0.3) is 0 Å². The molecule has 0 saturated heterocycles. The van der Waals surface area contributed by atoms with Crippen molar-refractivity contribution in [1.29, 1.82) is 0 Å². The molecular formula is C42H26O. The van der Waals surface area contributed by atoms with Crippen LogP contribution in [-0.4, -0.2) is 0 Å². The fourth-order valence-electron chi connectivity index (χ4n) is 6.74. The molecule has 43 heavy (non-hydrogen) atoms. The minimum atomic E-state index is -0.407. The van der Waals surface area contributed by atoms with E-state index in [9.17, 15) is 0 Å². The first-order chi connectivity index (χ1) is 23.4. The molecule has 9 aromatic rings. The molecule has 9 rings (SSSR count). The number of para-hydroxylation sites is 1. The summed E-state index contributed by atoms with van der Waals surface area (Å²) in [6, 6.07) is 41.6. The molecule has 0 amide bonds. The third kappa shape index (κ3) is 3.65. The molecule has 8 aromatic carbocycles. The van der Waals surface area contributed by atoms with E-state index in [0.717, 1.165) is 76.5 Å². The molecule has 0 spiro atoms. The van der Waals surface area contributed by atoms with Gasteiger partial charge >= 0.3 is 0 Å². The van der Waals surface area contributed by atoms with E-state index in [1.165, 1.54) is 0 Å². The van der Waals surface area contributed by atoms with E-state index in [1.807, 2.05) is 66.7 Å². The van der Waals surface area contributed by atoms with Crippen LogP contribution < -0.4 is 0 Å². The number of hydrogen-bond donors (Lipinski definition) is 0. The molecule has 0 aliphatic carbocycles. The van der Waals surface area contributed by atoms with Crippen LogP contribution in [0.15, 0.2) is 162 Å². The average molecular weight is 552 g/mol. The highest BCUT2D eigenvalue weighted by Gasteiger charge is 2.21. The van der Waals surface area contributed by atoms with Crippen molar-refractivity contribution >= 4 is 54.3 Å². The second-order valence-corrected chi connectivity index (χ2v) is 10.9. The SMILES string of the molecule is [2H]c1c([2H])c([2H])c(-c2c3ccccc3c(-c3cccc4oc5ccccc5c34)c3cc(-c4cccc5ccccc45)ccc23)c([2H])c1[2H]. The zero-order valence-corrected chi connectivity index (χ0v) is 23.0. The lowest BCUT2D eigenvalue weighted by atomic mass is 9.83. The molecule has 0 saturated carbocycles. The van der Waals surface area contributed by atoms with E-state index in [2.05, 4.69) is 60.7 Å². The van der Waals surface area contributed by atoms with Gasteiger partial charge in [-0.2, -0.15) is 0 Å². The molecule has 200 valence electrons. The Kier molecular flexibility index (Phi) is 4.27. The highest BCUT2D eigenvalue weighted by atomic mass is 16.3. The van der Waals surface area contributed by atoms with Gasteiger partial charge in [-0.1, -0.05) is 139 Å². The average Bonchev–Trinajstić information content (AvgIpc) is 3.52. The zero-order chi connectivity index (χ0) is 32.7. The summed E-state index contributed by atoms with van der Waals surface area (Å²) in [6.45, 7) is 0. The Hall–Kier alpha value is -5.66.